The topological polar surface area (TPSA) is 50.5 Å². The zero-order valence-electron chi connectivity index (χ0n) is 11.0. The van der Waals surface area contributed by atoms with Crippen molar-refractivity contribution in [1.82, 2.24) is 14.4 Å². The number of amides is 1. The zero-order valence-corrected chi connectivity index (χ0v) is 12.6. The maximum Gasteiger partial charge on any atom is 0.278 e. The molecule has 1 amide bonds. The monoisotopic (exact) mass is 342 g/mol. The van der Waals surface area contributed by atoms with Gasteiger partial charge in [0.25, 0.3) is 5.91 Å². The molecule has 1 aliphatic rings. The lowest BCUT2D eigenvalue weighted by Crippen LogP contribution is -2.29. The number of benzene rings is 1. The summed E-state index contributed by atoms with van der Waals surface area (Å²) >= 11 is 3.46. The molecule has 0 fully saturated rings. The van der Waals surface area contributed by atoms with Crippen molar-refractivity contribution >= 4 is 33.3 Å². The Hall–Kier alpha value is -2.21. The van der Waals surface area contributed by atoms with Crippen LogP contribution < -0.4 is 4.90 Å². The van der Waals surface area contributed by atoms with Crippen molar-refractivity contribution in [3.63, 3.8) is 0 Å². The summed E-state index contributed by atoms with van der Waals surface area (Å²) in [4.78, 5) is 22.9. The van der Waals surface area contributed by atoms with Gasteiger partial charge < -0.3 is 4.90 Å². The van der Waals surface area contributed by atoms with E-state index >= 15 is 0 Å². The number of hydrogen-bond donors (Lipinski definition) is 0. The van der Waals surface area contributed by atoms with Crippen molar-refractivity contribution < 1.29 is 4.79 Å². The van der Waals surface area contributed by atoms with E-state index in [2.05, 4.69) is 32.0 Å². The second kappa shape index (κ2) is 4.66. The Balaban J connectivity index is 1.75. The lowest BCUT2D eigenvalue weighted by molar-refractivity contribution is 0.0985. The van der Waals surface area contributed by atoms with E-state index in [1.807, 2.05) is 24.4 Å². The summed E-state index contributed by atoms with van der Waals surface area (Å²) in [6, 6.07) is 7.85. The van der Waals surface area contributed by atoms with Gasteiger partial charge in [-0.15, -0.1) is 0 Å². The number of anilines is 1. The number of carbonyl (C=O) groups excluding carboxylic acids is 1. The molecular weight excluding hydrogens is 332 g/mol. The number of rotatable bonds is 1. The summed E-state index contributed by atoms with van der Waals surface area (Å²) in [7, 11) is 0. The fraction of sp³-hybridized carbons (Fsp3) is 0.133. The Morgan fingerprint density at radius 2 is 2.24 bits per heavy atom. The van der Waals surface area contributed by atoms with E-state index in [9.17, 15) is 4.79 Å². The molecule has 0 radical (unpaired) electrons. The van der Waals surface area contributed by atoms with Gasteiger partial charge in [-0.05, 0) is 30.2 Å². The highest BCUT2D eigenvalue weighted by molar-refractivity contribution is 9.10. The molecule has 0 bridgehead atoms. The molecule has 3 aromatic rings. The molecule has 104 valence electrons. The molecule has 0 unspecified atom stereocenters. The average molecular weight is 343 g/mol. The average Bonchev–Trinajstić information content (AvgIpc) is 3.09. The third-order valence-corrected chi connectivity index (χ3v) is 4.14. The lowest BCUT2D eigenvalue weighted by atomic mass is 10.2. The Morgan fingerprint density at radius 3 is 3.10 bits per heavy atom. The minimum absolute atomic E-state index is 0.0858. The summed E-state index contributed by atoms with van der Waals surface area (Å²) < 4.78 is 2.73. The maximum absolute atomic E-state index is 12.7. The van der Waals surface area contributed by atoms with Crippen LogP contribution in [0.1, 0.15) is 16.1 Å². The molecule has 1 aliphatic heterocycles. The van der Waals surface area contributed by atoms with Crippen molar-refractivity contribution in [1.29, 1.82) is 0 Å². The van der Waals surface area contributed by atoms with E-state index in [0.717, 1.165) is 16.6 Å². The van der Waals surface area contributed by atoms with Crippen molar-refractivity contribution in [3.8, 4) is 0 Å². The molecule has 0 N–H and O–H groups in total. The van der Waals surface area contributed by atoms with Crippen LogP contribution in [0.3, 0.4) is 0 Å². The fourth-order valence-electron chi connectivity index (χ4n) is 2.63. The van der Waals surface area contributed by atoms with Crippen molar-refractivity contribution in [2.24, 2.45) is 0 Å². The second-order valence-electron chi connectivity index (χ2n) is 4.93. The minimum atomic E-state index is -0.0858. The summed E-state index contributed by atoms with van der Waals surface area (Å²) in [5, 5.41) is 0. The number of nitrogens with zero attached hydrogens (tertiary/aromatic N) is 4. The third kappa shape index (κ3) is 2.03. The van der Waals surface area contributed by atoms with Gasteiger partial charge in [-0.25, -0.2) is 9.97 Å². The molecule has 0 saturated heterocycles. The molecule has 2 aromatic heterocycles. The summed E-state index contributed by atoms with van der Waals surface area (Å²) in [5.41, 5.74) is 2.56. The van der Waals surface area contributed by atoms with E-state index < -0.39 is 0 Å². The smallest absolute Gasteiger partial charge is 0.278 e. The molecule has 6 heteroatoms. The first-order chi connectivity index (χ1) is 10.2. The number of aromatic nitrogens is 3. The Labute approximate surface area is 129 Å². The summed E-state index contributed by atoms with van der Waals surface area (Å²) in [6.45, 7) is 0.686. The molecule has 0 saturated carbocycles. The Bertz CT molecular complexity index is 825. The SMILES string of the molecule is O=C(c1cn2cccnc2n1)N1CCc2ccc(Br)cc21. The zero-order chi connectivity index (χ0) is 14.4. The molecule has 4 rings (SSSR count). The minimum Gasteiger partial charge on any atom is -0.306 e. The molecule has 0 spiro atoms. The largest absolute Gasteiger partial charge is 0.306 e. The summed E-state index contributed by atoms with van der Waals surface area (Å²) in [5.74, 6) is 0.451. The summed E-state index contributed by atoms with van der Waals surface area (Å²) in [6.07, 6.45) is 6.10. The number of hydrogen-bond acceptors (Lipinski definition) is 3. The van der Waals surface area contributed by atoms with Gasteiger partial charge in [0.2, 0.25) is 5.78 Å². The van der Waals surface area contributed by atoms with Gasteiger partial charge in [0.15, 0.2) is 0 Å². The number of imidazole rings is 1. The lowest BCUT2D eigenvalue weighted by Gasteiger charge is -2.16. The highest BCUT2D eigenvalue weighted by Crippen LogP contribution is 2.31. The van der Waals surface area contributed by atoms with Gasteiger partial charge in [-0.3, -0.25) is 9.20 Å². The molecular formula is C15H11BrN4O. The highest BCUT2D eigenvalue weighted by Gasteiger charge is 2.27. The van der Waals surface area contributed by atoms with Crippen LogP contribution >= 0.6 is 15.9 Å². The van der Waals surface area contributed by atoms with E-state index in [-0.39, 0.29) is 5.91 Å². The first-order valence-corrected chi connectivity index (χ1v) is 7.42. The predicted octanol–water partition coefficient (Wildman–Crippen LogP) is 2.69. The van der Waals surface area contributed by atoms with Crippen LogP contribution in [-0.2, 0) is 6.42 Å². The number of halogens is 1. The third-order valence-electron chi connectivity index (χ3n) is 3.64. The van der Waals surface area contributed by atoms with Crippen LogP contribution in [0.5, 0.6) is 0 Å². The predicted molar refractivity (Wildman–Crippen MR) is 82.5 cm³/mol. The van der Waals surface area contributed by atoms with Crippen LogP contribution in [0.4, 0.5) is 5.69 Å². The van der Waals surface area contributed by atoms with E-state index in [4.69, 9.17) is 0 Å². The van der Waals surface area contributed by atoms with Gasteiger partial charge in [-0.2, -0.15) is 0 Å². The normalized spacial score (nSPS) is 13.7. The van der Waals surface area contributed by atoms with E-state index in [0.29, 0.717) is 18.0 Å². The van der Waals surface area contributed by atoms with Crippen molar-refractivity contribution in [2.75, 3.05) is 11.4 Å². The van der Waals surface area contributed by atoms with Gasteiger partial charge in [-0.1, -0.05) is 22.0 Å². The van der Waals surface area contributed by atoms with Crippen LogP contribution in [-0.4, -0.2) is 26.8 Å². The van der Waals surface area contributed by atoms with Crippen LogP contribution in [0, 0.1) is 0 Å². The highest BCUT2D eigenvalue weighted by atomic mass is 79.9. The quantitative estimate of drug-likeness (QED) is 0.683. The molecule has 21 heavy (non-hydrogen) atoms. The maximum atomic E-state index is 12.7. The first-order valence-electron chi connectivity index (χ1n) is 6.62. The van der Waals surface area contributed by atoms with Gasteiger partial charge in [0.1, 0.15) is 5.69 Å². The molecule has 5 nitrogen and oxygen atoms in total. The van der Waals surface area contributed by atoms with Gasteiger partial charge in [0, 0.05) is 35.3 Å². The second-order valence-corrected chi connectivity index (χ2v) is 5.85. The Kier molecular flexibility index (Phi) is 2.78. The molecule has 0 atom stereocenters. The van der Waals surface area contributed by atoms with E-state index in [1.165, 1.54) is 5.56 Å². The van der Waals surface area contributed by atoms with E-state index in [1.54, 1.807) is 21.7 Å². The van der Waals surface area contributed by atoms with Gasteiger partial charge >= 0.3 is 0 Å². The van der Waals surface area contributed by atoms with Crippen molar-refractivity contribution in [3.05, 3.63) is 58.6 Å². The van der Waals surface area contributed by atoms with Crippen molar-refractivity contribution in [2.45, 2.75) is 6.42 Å². The standard InChI is InChI=1S/C15H11BrN4O/c16-11-3-2-10-4-7-20(13(10)8-11)14(21)12-9-19-6-1-5-17-15(19)18-12/h1-3,5-6,8-9H,4,7H2. The number of fused-ring (bicyclic) bond motifs is 2. The molecule has 3 heterocycles. The fourth-order valence-corrected chi connectivity index (χ4v) is 2.98. The molecule has 0 aliphatic carbocycles. The van der Waals surface area contributed by atoms with Crippen LogP contribution in [0.15, 0.2) is 47.3 Å². The number of carbonyl (C=O) groups is 1. The molecule has 1 aromatic carbocycles. The van der Waals surface area contributed by atoms with Gasteiger partial charge in [0.05, 0.1) is 0 Å². The van der Waals surface area contributed by atoms with Crippen LogP contribution in [0.25, 0.3) is 5.78 Å². The first kappa shape index (κ1) is 12.5. The Morgan fingerprint density at radius 1 is 1.33 bits per heavy atom. The van der Waals surface area contributed by atoms with Crippen LogP contribution in [0.2, 0.25) is 0 Å².